The van der Waals surface area contributed by atoms with E-state index in [0.29, 0.717) is 0 Å². The van der Waals surface area contributed by atoms with E-state index >= 15 is 0 Å². The number of aromatic nitrogens is 3. The summed E-state index contributed by atoms with van der Waals surface area (Å²) in [4.78, 5) is 0. The number of hydrogen-bond acceptors (Lipinski definition) is 3. The molecule has 0 radical (unpaired) electrons. The Balaban J connectivity index is 2.94. The van der Waals surface area contributed by atoms with E-state index in [1.54, 1.807) is 4.68 Å². The van der Waals surface area contributed by atoms with Crippen LogP contribution >= 0.6 is 0 Å². The van der Waals surface area contributed by atoms with E-state index in [9.17, 15) is 0 Å². The van der Waals surface area contributed by atoms with Gasteiger partial charge in [-0.25, -0.2) is 0 Å². The molecule has 0 atom stereocenters. The van der Waals surface area contributed by atoms with E-state index in [2.05, 4.69) is 24.2 Å². The Labute approximate surface area is 72.8 Å². The summed E-state index contributed by atoms with van der Waals surface area (Å²) in [7, 11) is 1.85. The lowest BCUT2D eigenvalue weighted by atomic mass is 9.91. The Bertz CT molecular complexity index is 249. The van der Waals surface area contributed by atoms with E-state index < -0.39 is 0 Å². The van der Waals surface area contributed by atoms with Gasteiger partial charge in [-0.3, -0.25) is 4.68 Å². The highest BCUT2D eigenvalue weighted by atomic mass is 15.4. The third-order valence-electron chi connectivity index (χ3n) is 2.37. The Kier molecular flexibility index (Phi) is 2.47. The molecule has 0 saturated carbocycles. The third-order valence-corrected chi connectivity index (χ3v) is 2.37. The van der Waals surface area contributed by atoms with Crippen LogP contribution in [0.25, 0.3) is 0 Å². The van der Waals surface area contributed by atoms with E-state index in [4.69, 9.17) is 5.73 Å². The minimum Gasteiger partial charge on any atom is -0.320 e. The summed E-state index contributed by atoms with van der Waals surface area (Å²) in [6, 6.07) is 0. The highest BCUT2D eigenvalue weighted by Crippen LogP contribution is 2.22. The minimum atomic E-state index is -0.297. The van der Waals surface area contributed by atoms with Gasteiger partial charge in [0.05, 0.1) is 5.54 Å². The maximum absolute atomic E-state index is 6.12. The number of nitrogens with two attached hydrogens (primary N) is 1. The predicted molar refractivity (Wildman–Crippen MR) is 47.5 cm³/mol. The number of hydrogen-bond donors (Lipinski definition) is 1. The summed E-state index contributed by atoms with van der Waals surface area (Å²) >= 11 is 0. The SMILES string of the molecule is CCC(N)(CC)c1cn(C)nn1. The van der Waals surface area contributed by atoms with Crippen LogP contribution in [0.2, 0.25) is 0 Å². The zero-order valence-electron chi connectivity index (χ0n) is 7.91. The van der Waals surface area contributed by atoms with Crippen LogP contribution in [0.4, 0.5) is 0 Å². The van der Waals surface area contributed by atoms with Crippen LogP contribution in [-0.2, 0) is 12.6 Å². The Morgan fingerprint density at radius 3 is 2.42 bits per heavy atom. The molecular weight excluding hydrogens is 152 g/mol. The highest BCUT2D eigenvalue weighted by Gasteiger charge is 2.25. The maximum Gasteiger partial charge on any atom is 0.102 e. The molecule has 1 heterocycles. The lowest BCUT2D eigenvalue weighted by molar-refractivity contribution is 0.400. The van der Waals surface area contributed by atoms with Gasteiger partial charge in [-0.1, -0.05) is 19.1 Å². The molecule has 0 fully saturated rings. The quantitative estimate of drug-likeness (QED) is 0.726. The van der Waals surface area contributed by atoms with Crippen LogP contribution in [0.5, 0.6) is 0 Å². The second kappa shape index (κ2) is 3.23. The van der Waals surface area contributed by atoms with Crippen molar-refractivity contribution >= 4 is 0 Å². The lowest BCUT2D eigenvalue weighted by Crippen LogP contribution is -2.35. The van der Waals surface area contributed by atoms with E-state index in [1.165, 1.54) is 0 Å². The highest BCUT2D eigenvalue weighted by molar-refractivity contribution is 5.08. The van der Waals surface area contributed by atoms with Crippen LogP contribution in [0.1, 0.15) is 32.4 Å². The summed E-state index contributed by atoms with van der Waals surface area (Å²) in [6.07, 6.45) is 3.66. The fraction of sp³-hybridized carbons (Fsp3) is 0.750. The molecule has 1 aromatic rings. The Morgan fingerprint density at radius 2 is 2.08 bits per heavy atom. The fourth-order valence-corrected chi connectivity index (χ4v) is 1.19. The van der Waals surface area contributed by atoms with Gasteiger partial charge < -0.3 is 5.73 Å². The molecule has 0 aromatic carbocycles. The summed E-state index contributed by atoms with van der Waals surface area (Å²) in [5, 5.41) is 7.88. The summed E-state index contributed by atoms with van der Waals surface area (Å²) in [5.41, 5.74) is 6.70. The van der Waals surface area contributed by atoms with Crippen molar-refractivity contribution in [1.29, 1.82) is 0 Å². The summed E-state index contributed by atoms with van der Waals surface area (Å²) in [5.74, 6) is 0. The van der Waals surface area contributed by atoms with Gasteiger partial charge in [-0.05, 0) is 12.8 Å². The topological polar surface area (TPSA) is 56.7 Å². The Morgan fingerprint density at radius 1 is 1.50 bits per heavy atom. The number of rotatable bonds is 3. The molecule has 0 unspecified atom stereocenters. The normalized spacial score (nSPS) is 12.0. The van der Waals surface area contributed by atoms with Crippen molar-refractivity contribution in [2.45, 2.75) is 32.2 Å². The van der Waals surface area contributed by atoms with Gasteiger partial charge in [-0.2, -0.15) is 0 Å². The predicted octanol–water partition coefficient (Wildman–Crippen LogP) is 0.789. The molecule has 0 spiro atoms. The van der Waals surface area contributed by atoms with Crippen molar-refractivity contribution in [3.8, 4) is 0 Å². The van der Waals surface area contributed by atoms with Crippen LogP contribution < -0.4 is 5.73 Å². The summed E-state index contributed by atoms with van der Waals surface area (Å²) in [6.45, 7) is 4.14. The van der Waals surface area contributed by atoms with Crippen molar-refractivity contribution in [1.82, 2.24) is 15.0 Å². The van der Waals surface area contributed by atoms with Crippen molar-refractivity contribution in [3.05, 3.63) is 11.9 Å². The van der Waals surface area contributed by atoms with Crippen LogP contribution in [-0.4, -0.2) is 15.0 Å². The molecular formula is C8H16N4. The van der Waals surface area contributed by atoms with E-state index in [1.807, 2.05) is 13.2 Å². The monoisotopic (exact) mass is 168 g/mol. The molecule has 12 heavy (non-hydrogen) atoms. The van der Waals surface area contributed by atoms with Gasteiger partial charge in [0, 0.05) is 13.2 Å². The van der Waals surface area contributed by atoms with Crippen LogP contribution in [0, 0.1) is 0 Å². The first-order valence-corrected chi connectivity index (χ1v) is 4.28. The van der Waals surface area contributed by atoms with Crippen molar-refractivity contribution < 1.29 is 0 Å². The van der Waals surface area contributed by atoms with Crippen LogP contribution in [0.15, 0.2) is 6.20 Å². The third kappa shape index (κ3) is 1.48. The standard InChI is InChI=1S/C8H16N4/c1-4-8(9,5-2)7-6-12(3)11-10-7/h6H,4-5,9H2,1-3H3. The smallest absolute Gasteiger partial charge is 0.102 e. The van der Waals surface area contributed by atoms with Gasteiger partial charge in [-0.15, -0.1) is 5.10 Å². The molecule has 0 saturated heterocycles. The first-order chi connectivity index (χ1) is 5.62. The fourth-order valence-electron chi connectivity index (χ4n) is 1.19. The first-order valence-electron chi connectivity index (χ1n) is 4.28. The van der Waals surface area contributed by atoms with Gasteiger partial charge in [0.1, 0.15) is 5.69 Å². The molecule has 1 rings (SSSR count). The molecule has 0 aliphatic rings. The second-order valence-electron chi connectivity index (χ2n) is 3.14. The average Bonchev–Trinajstić information content (AvgIpc) is 2.51. The van der Waals surface area contributed by atoms with E-state index in [-0.39, 0.29) is 5.54 Å². The van der Waals surface area contributed by atoms with Crippen molar-refractivity contribution in [2.75, 3.05) is 0 Å². The van der Waals surface area contributed by atoms with Gasteiger partial charge in [0.15, 0.2) is 0 Å². The molecule has 0 aliphatic carbocycles. The second-order valence-corrected chi connectivity index (χ2v) is 3.14. The maximum atomic E-state index is 6.12. The Hall–Kier alpha value is -0.900. The van der Waals surface area contributed by atoms with Crippen molar-refractivity contribution in [2.24, 2.45) is 12.8 Å². The molecule has 68 valence electrons. The molecule has 2 N–H and O–H groups in total. The summed E-state index contributed by atoms with van der Waals surface area (Å²) < 4.78 is 1.68. The molecule has 4 heteroatoms. The van der Waals surface area contributed by atoms with Crippen molar-refractivity contribution in [3.63, 3.8) is 0 Å². The zero-order chi connectivity index (χ0) is 9.19. The van der Waals surface area contributed by atoms with Crippen LogP contribution in [0.3, 0.4) is 0 Å². The minimum absolute atomic E-state index is 0.297. The average molecular weight is 168 g/mol. The lowest BCUT2D eigenvalue weighted by Gasteiger charge is -2.23. The number of nitrogens with zero attached hydrogens (tertiary/aromatic N) is 3. The molecule has 0 aliphatic heterocycles. The molecule has 4 nitrogen and oxygen atoms in total. The van der Waals surface area contributed by atoms with Gasteiger partial charge in [0.25, 0.3) is 0 Å². The largest absolute Gasteiger partial charge is 0.320 e. The number of aryl methyl sites for hydroxylation is 1. The van der Waals surface area contributed by atoms with Gasteiger partial charge >= 0.3 is 0 Å². The van der Waals surface area contributed by atoms with Gasteiger partial charge in [0.2, 0.25) is 0 Å². The first kappa shape index (κ1) is 9.19. The zero-order valence-corrected chi connectivity index (χ0v) is 7.91. The molecule has 1 aromatic heterocycles. The van der Waals surface area contributed by atoms with E-state index in [0.717, 1.165) is 18.5 Å². The molecule has 0 amide bonds. The molecule has 0 bridgehead atoms.